The van der Waals surface area contributed by atoms with Crippen LogP contribution in [0, 0.1) is 5.82 Å². The van der Waals surface area contributed by atoms with Gasteiger partial charge in [-0.1, -0.05) is 12.1 Å². The minimum atomic E-state index is -0.432. The van der Waals surface area contributed by atoms with Crippen LogP contribution in [0.3, 0.4) is 0 Å². The third kappa shape index (κ3) is 5.32. The van der Waals surface area contributed by atoms with E-state index in [-0.39, 0.29) is 24.0 Å². The molecule has 0 radical (unpaired) electrons. The number of carbonyl (C=O) groups excluding carboxylic acids is 1. The van der Waals surface area contributed by atoms with Crippen LogP contribution >= 0.6 is 0 Å². The van der Waals surface area contributed by atoms with Crippen molar-refractivity contribution in [2.24, 2.45) is 0 Å². The summed E-state index contributed by atoms with van der Waals surface area (Å²) in [5.41, 5.74) is 2.22. The number of hydrogen-bond acceptors (Lipinski definition) is 4. The molecule has 0 bridgehead atoms. The van der Waals surface area contributed by atoms with Gasteiger partial charge in [0.05, 0.1) is 30.3 Å². The molecule has 1 aliphatic carbocycles. The number of aromatic amines is 1. The number of carbonyl (C=O) groups is 1. The number of aliphatic hydroxyl groups is 1. The number of fused-ring (bicyclic) bond motifs is 1. The Morgan fingerprint density at radius 3 is 2.68 bits per heavy atom. The molecule has 4 N–H and O–H groups in total. The van der Waals surface area contributed by atoms with Crippen molar-refractivity contribution in [2.45, 2.75) is 50.3 Å². The van der Waals surface area contributed by atoms with Gasteiger partial charge in [0.25, 0.3) is 0 Å². The van der Waals surface area contributed by atoms with E-state index in [0.717, 1.165) is 24.2 Å². The summed E-state index contributed by atoms with van der Waals surface area (Å²) in [5.74, 6) is 0.956. The van der Waals surface area contributed by atoms with E-state index in [9.17, 15) is 14.3 Å². The highest BCUT2D eigenvalue weighted by molar-refractivity contribution is 5.76. The number of nitrogens with one attached hydrogen (secondary N) is 3. The number of amides is 2. The van der Waals surface area contributed by atoms with E-state index in [1.165, 1.54) is 12.1 Å². The average Bonchev–Trinajstić information content (AvgIpc) is 3.18. The van der Waals surface area contributed by atoms with Crippen molar-refractivity contribution in [3.05, 3.63) is 59.7 Å². The lowest BCUT2D eigenvalue weighted by Crippen LogP contribution is -2.45. The van der Waals surface area contributed by atoms with Crippen molar-refractivity contribution in [1.29, 1.82) is 0 Å². The number of ether oxygens (including phenoxy) is 1. The van der Waals surface area contributed by atoms with Gasteiger partial charge in [-0.05, 0) is 61.9 Å². The van der Waals surface area contributed by atoms with Crippen LogP contribution in [0.5, 0.6) is 5.75 Å². The number of urea groups is 1. The summed E-state index contributed by atoms with van der Waals surface area (Å²) in [6, 6.07) is 11.3. The molecule has 3 aromatic rings. The number of imidazole rings is 1. The van der Waals surface area contributed by atoms with Gasteiger partial charge in [0.1, 0.15) is 17.4 Å². The molecule has 1 heterocycles. The lowest BCUT2D eigenvalue weighted by atomic mass is 9.93. The SMILES string of the molecule is COc1ccc(C[C@@H](NC(=O)NC2CCC(O)CC2)c2nc3cc(F)ccc3[nH]2)cc1. The summed E-state index contributed by atoms with van der Waals surface area (Å²) in [4.78, 5) is 20.5. The zero-order valence-corrected chi connectivity index (χ0v) is 17.4. The van der Waals surface area contributed by atoms with Crippen molar-refractivity contribution in [1.82, 2.24) is 20.6 Å². The maximum Gasteiger partial charge on any atom is 0.315 e. The van der Waals surface area contributed by atoms with E-state index in [4.69, 9.17) is 4.74 Å². The van der Waals surface area contributed by atoms with Crippen molar-refractivity contribution in [3.8, 4) is 5.75 Å². The summed E-state index contributed by atoms with van der Waals surface area (Å²) >= 11 is 0. The predicted octanol–water partition coefficient (Wildman–Crippen LogP) is 3.60. The number of halogens is 1. The Labute approximate surface area is 180 Å². The van der Waals surface area contributed by atoms with Gasteiger partial charge in [0.2, 0.25) is 0 Å². The van der Waals surface area contributed by atoms with Crippen molar-refractivity contribution in [2.75, 3.05) is 7.11 Å². The Morgan fingerprint density at radius 2 is 1.97 bits per heavy atom. The molecular weight excluding hydrogens is 399 g/mol. The molecule has 8 heteroatoms. The second-order valence-corrected chi connectivity index (χ2v) is 8.01. The quantitative estimate of drug-likeness (QED) is 0.484. The minimum Gasteiger partial charge on any atom is -0.497 e. The second-order valence-electron chi connectivity index (χ2n) is 8.01. The van der Waals surface area contributed by atoms with Crippen molar-refractivity contribution >= 4 is 17.1 Å². The number of aromatic nitrogens is 2. The van der Waals surface area contributed by atoms with Gasteiger partial charge in [0, 0.05) is 12.1 Å². The molecular formula is C23H27FN4O3. The van der Waals surface area contributed by atoms with Gasteiger partial charge >= 0.3 is 6.03 Å². The van der Waals surface area contributed by atoms with Crippen LogP contribution in [0.25, 0.3) is 11.0 Å². The number of H-pyrrole nitrogens is 1. The highest BCUT2D eigenvalue weighted by atomic mass is 19.1. The standard InChI is InChI=1S/C23H27FN4O3/c1-31-18-9-2-14(3-10-18)12-21(22-26-19-11-4-15(24)13-20(19)27-22)28-23(30)25-16-5-7-17(29)8-6-16/h2-4,9-11,13,16-17,21,29H,5-8,12H2,1H3,(H,26,27)(H2,25,28,30)/t16?,17?,21-/m1/s1. The Hall–Kier alpha value is -3.13. The largest absolute Gasteiger partial charge is 0.497 e. The van der Waals surface area contributed by atoms with Gasteiger partial charge in [-0.3, -0.25) is 0 Å². The van der Waals surface area contributed by atoms with Crippen LogP contribution in [-0.2, 0) is 6.42 Å². The molecule has 2 amide bonds. The highest BCUT2D eigenvalue weighted by Crippen LogP contribution is 2.23. The molecule has 1 atom stereocenters. The van der Waals surface area contributed by atoms with Crippen LogP contribution in [0.15, 0.2) is 42.5 Å². The van der Waals surface area contributed by atoms with Crippen LogP contribution in [-0.4, -0.2) is 40.4 Å². The fourth-order valence-electron chi connectivity index (χ4n) is 3.98. The maximum absolute atomic E-state index is 13.6. The molecule has 0 unspecified atom stereocenters. The molecule has 4 rings (SSSR count). The van der Waals surface area contributed by atoms with Crippen molar-refractivity contribution in [3.63, 3.8) is 0 Å². The first-order chi connectivity index (χ1) is 15.0. The first-order valence-electron chi connectivity index (χ1n) is 10.5. The Balaban J connectivity index is 1.52. The van der Waals surface area contributed by atoms with E-state index in [1.807, 2.05) is 24.3 Å². The number of rotatable bonds is 6. The fourth-order valence-corrected chi connectivity index (χ4v) is 3.98. The smallest absolute Gasteiger partial charge is 0.315 e. The molecule has 2 aromatic carbocycles. The summed E-state index contributed by atoms with van der Waals surface area (Å²) in [5, 5.41) is 15.7. The molecule has 31 heavy (non-hydrogen) atoms. The maximum atomic E-state index is 13.6. The number of nitrogens with zero attached hydrogens (tertiary/aromatic N) is 1. The predicted molar refractivity (Wildman–Crippen MR) is 115 cm³/mol. The number of hydrogen-bond donors (Lipinski definition) is 4. The molecule has 0 saturated heterocycles. The number of aliphatic hydroxyl groups excluding tert-OH is 1. The minimum absolute atomic E-state index is 0.0369. The van der Waals surface area contributed by atoms with Crippen LogP contribution in [0.2, 0.25) is 0 Å². The zero-order chi connectivity index (χ0) is 21.8. The average molecular weight is 426 g/mol. The van der Waals surface area contributed by atoms with E-state index < -0.39 is 6.04 Å². The lowest BCUT2D eigenvalue weighted by molar-refractivity contribution is 0.117. The summed E-state index contributed by atoms with van der Waals surface area (Å²) in [6.07, 6.45) is 3.11. The molecule has 7 nitrogen and oxygen atoms in total. The number of methoxy groups -OCH3 is 1. The molecule has 1 saturated carbocycles. The number of benzene rings is 2. The zero-order valence-electron chi connectivity index (χ0n) is 17.4. The van der Waals surface area contributed by atoms with Gasteiger partial charge in [0.15, 0.2) is 0 Å². The highest BCUT2D eigenvalue weighted by Gasteiger charge is 2.24. The Morgan fingerprint density at radius 1 is 1.23 bits per heavy atom. The van der Waals surface area contributed by atoms with Crippen LogP contribution < -0.4 is 15.4 Å². The molecule has 164 valence electrons. The second kappa shape index (κ2) is 9.34. The van der Waals surface area contributed by atoms with Gasteiger partial charge in [-0.2, -0.15) is 0 Å². The summed E-state index contributed by atoms with van der Waals surface area (Å²) in [7, 11) is 1.61. The summed E-state index contributed by atoms with van der Waals surface area (Å²) in [6.45, 7) is 0. The third-order valence-corrected chi connectivity index (χ3v) is 5.73. The van der Waals surface area contributed by atoms with E-state index >= 15 is 0 Å². The molecule has 1 aromatic heterocycles. The molecule has 0 spiro atoms. The van der Waals surface area contributed by atoms with Crippen LogP contribution in [0.1, 0.15) is 43.1 Å². The monoisotopic (exact) mass is 426 g/mol. The summed E-state index contributed by atoms with van der Waals surface area (Å²) < 4.78 is 18.8. The lowest BCUT2D eigenvalue weighted by Gasteiger charge is -2.27. The van der Waals surface area contributed by atoms with E-state index in [0.29, 0.717) is 36.1 Å². The molecule has 1 fully saturated rings. The molecule has 1 aliphatic rings. The Bertz CT molecular complexity index is 1030. The normalized spacial score (nSPS) is 19.7. The fraction of sp³-hybridized carbons (Fsp3) is 0.391. The van der Waals surface area contributed by atoms with Gasteiger partial charge in [-0.15, -0.1) is 0 Å². The van der Waals surface area contributed by atoms with Crippen LogP contribution in [0.4, 0.5) is 9.18 Å². The third-order valence-electron chi connectivity index (χ3n) is 5.73. The van der Waals surface area contributed by atoms with E-state index in [1.54, 1.807) is 13.2 Å². The first kappa shape index (κ1) is 21.1. The van der Waals surface area contributed by atoms with Crippen molar-refractivity contribution < 1.29 is 19.0 Å². The first-order valence-corrected chi connectivity index (χ1v) is 10.5. The Kier molecular flexibility index (Phi) is 6.36. The van der Waals surface area contributed by atoms with Gasteiger partial charge in [-0.25, -0.2) is 14.2 Å². The molecule has 0 aliphatic heterocycles. The van der Waals surface area contributed by atoms with Gasteiger partial charge < -0.3 is 25.5 Å². The van der Waals surface area contributed by atoms with E-state index in [2.05, 4.69) is 20.6 Å². The topological polar surface area (TPSA) is 99.3 Å².